The Kier molecular flexibility index (Phi) is 7.02. The van der Waals surface area contributed by atoms with Crippen molar-refractivity contribution >= 4 is 5.78 Å². The van der Waals surface area contributed by atoms with Crippen molar-refractivity contribution in [2.75, 3.05) is 27.4 Å². The van der Waals surface area contributed by atoms with Crippen molar-refractivity contribution in [2.24, 2.45) is 0 Å². The maximum absolute atomic E-state index is 11.6. The van der Waals surface area contributed by atoms with E-state index in [4.69, 9.17) is 18.9 Å². The van der Waals surface area contributed by atoms with E-state index in [2.05, 4.69) is 0 Å². The zero-order valence-corrected chi connectivity index (χ0v) is 13.4. The molecule has 0 saturated carbocycles. The first kappa shape index (κ1) is 17.3. The van der Waals surface area contributed by atoms with Crippen LogP contribution in [-0.2, 0) is 4.74 Å². The van der Waals surface area contributed by atoms with Gasteiger partial charge < -0.3 is 18.9 Å². The van der Waals surface area contributed by atoms with E-state index in [0.29, 0.717) is 36.0 Å². The van der Waals surface area contributed by atoms with Crippen LogP contribution in [0.1, 0.15) is 37.6 Å². The predicted molar refractivity (Wildman–Crippen MR) is 80.8 cm³/mol. The summed E-state index contributed by atoms with van der Waals surface area (Å²) in [4.78, 5) is 11.6. The van der Waals surface area contributed by atoms with Crippen LogP contribution < -0.4 is 14.2 Å². The minimum absolute atomic E-state index is 0.0818. The summed E-state index contributed by atoms with van der Waals surface area (Å²) in [6, 6.07) is 3.32. The Morgan fingerprint density at radius 1 is 1.14 bits per heavy atom. The average molecular weight is 296 g/mol. The molecule has 0 saturated heterocycles. The Morgan fingerprint density at radius 2 is 1.81 bits per heavy atom. The molecule has 0 aliphatic carbocycles. The second-order valence-corrected chi connectivity index (χ2v) is 4.66. The topological polar surface area (TPSA) is 54.0 Å². The summed E-state index contributed by atoms with van der Waals surface area (Å²) >= 11 is 0. The van der Waals surface area contributed by atoms with Crippen LogP contribution in [0.4, 0.5) is 0 Å². The molecule has 0 fully saturated rings. The van der Waals surface area contributed by atoms with Gasteiger partial charge in [-0.2, -0.15) is 0 Å². The highest BCUT2D eigenvalue weighted by molar-refractivity contribution is 5.97. The second-order valence-electron chi connectivity index (χ2n) is 4.66. The molecule has 0 heterocycles. The van der Waals surface area contributed by atoms with Crippen LogP contribution in [0.25, 0.3) is 0 Å². The molecule has 5 heteroatoms. The fraction of sp³-hybridized carbons (Fsp3) is 0.562. The molecule has 0 aromatic heterocycles. The largest absolute Gasteiger partial charge is 0.496 e. The molecule has 0 aliphatic heterocycles. The standard InChI is InChI=1S/C16H24O5/c1-6-20-11(2)7-8-21-16-10-14(18-4)13(12(3)17)9-15(16)19-5/h9-11H,6-8H2,1-5H3. The Labute approximate surface area is 126 Å². The molecule has 1 atom stereocenters. The molecule has 1 rings (SSSR count). The van der Waals surface area contributed by atoms with Gasteiger partial charge in [0.1, 0.15) is 5.75 Å². The van der Waals surface area contributed by atoms with E-state index in [1.807, 2.05) is 13.8 Å². The minimum atomic E-state index is -0.0818. The first-order valence-corrected chi connectivity index (χ1v) is 7.04. The Morgan fingerprint density at radius 3 is 2.33 bits per heavy atom. The summed E-state index contributed by atoms with van der Waals surface area (Å²) in [5, 5.41) is 0. The van der Waals surface area contributed by atoms with Crippen molar-refractivity contribution < 1.29 is 23.7 Å². The predicted octanol–water partition coefficient (Wildman–Crippen LogP) is 3.10. The lowest BCUT2D eigenvalue weighted by Gasteiger charge is -2.16. The van der Waals surface area contributed by atoms with Crippen LogP contribution in [-0.4, -0.2) is 39.3 Å². The SMILES string of the molecule is CCOC(C)CCOc1cc(OC)c(C(C)=O)cc1OC. The van der Waals surface area contributed by atoms with Gasteiger partial charge in [0, 0.05) is 19.1 Å². The third kappa shape index (κ3) is 4.93. The summed E-state index contributed by atoms with van der Waals surface area (Å²) in [5.41, 5.74) is 0.476. The minimum Gasteiger partial charge on any atom is -0.496 e. The molecule has 1 unspecified atom stereocenters. The molecular weight excluding hydrogens is 272 g/mol. The lowest BCUT2D eigenvalue weighted by Crippen LogP contribution is -2.13. The molecule has 118 valence electrons. The highest BCUT2D eigenvalue weighted by Crippen LogP contribution is 2.35. The number of carbonyl (C=O) groups excluding carboxylic acids is 1. The van der Waals surface area contributed by atoms with Gasteiger partial charge in [-0.3, -0.25) is 4.79 Å². The smallest absolute Gasteiger partial charge is 0.164 e. The van der Waals surface area contributed by atoms with Gasteiger partial charge >= 0.3 is 0 Å². The monoisotopic (exact) mass is 296 g/mol. The molecule has 0 spiro atoms. The van der Waals surface area contributed by atoms with Gasteiger partial charge in [0.2, 0.25) is 0 Å². The fourth-order valence-corrected chi connectivity index (χ4v) is 1.96. The van der Waals surface area contributed by atoms with Crippen molar-refractivity contribution in [1.82, 2.24) is 0 Å². The number of carbonyl (C=O) groups is 1. The molecule has 1 aromatic rings. The summed E-state index contributed by atoms with van der Waals surface area (Å²) in [6.07, 6.45) is 0.910. The van der Waals surface area contributed by atoms with E-state index >= 15 is 0 Å². The molecule has 0 N–H and O–H groups in total. The lowest BCUT2D eigenvalue weighted by molar-refractivity contribution is 0.0593. The average Bonchev–Trinajstić information content (AvgIpc) is 2.46. The van der Waals surface area contributed by atoms with Gasteiger partial charge in [-0.05, 0) is 26.8 Å². The highest BCUT2D eigenvalue weighted by Gasteiger charge is 2.15. The molecule has 1 aromatic carbocycles. The van der Waals surface area contributed by atoms with Crippen LogP contribution in [0, 0.1) is 0 Å². The van der Waals surface area contributed by atoms with E-state index in [1.165, 1.54) is 14.0 Å². The number of hydrogen-bond donors (Lipinski definition) is 0. The maximum atomic E-state index is 11.6. The first-order chi connectivity index (χ1) is 10.0. The van der Waals surface area contributed by atoms with Crippen LogP contribution in [0.2, 0.25) is 0 Å². The molecule has 21 heavy (non-hydrogen) atoms. The van der Waals surface area contributed by atoms with Crippen molar-refractivity contribution in [3.8, 4) is 17.2 Å². The molecule has 5 nitrogen and oxygen atoms in total. The number of methoxy groups -OCH3 is 2. The zero-order chi connectivity index (χ0) is 15.8. The fourth-order valence-electron chi connectivity index (χ4n) is 1.96. The van der Waals surface area contributed by atoms with Gasteiger partial charge in [0.05, 0.1) is 32.5 Å². The molecular formula is C16H24O5. The van der Waals surface area contributed by atoms with Gasteiger partial charge in [-0.25, -0.2) is 0 Å². The highest BCUT2D eigenvalue weighted by atomic mass is 16.5. The van der Waals surface area contributed by atoms with Gasteiger partial charge in [0.15, 0.2) is 17.3 Å². The molecule has 0 bridgehead atoms. The number of rotatable bonds is 9. The number of Topliss-reactive ketones (excluding diaryl/α,β-unsaturated/α-hetero) is 1. The van der Waals surface area contributed by atoms with Crippen molar-refractivity contribution in [1.29, 1.82) is 0 Å². The quantitative estimate of drug-likeness (QED) is 0.655. The molecule has 0 aliphatic rings. The van der Waals surface area contributed by atoms with E-state index in [-0.39, 0.29) is 11.9 Å². The van der Waals surface area contributed by atoms with Crippen LogP contribution in [0.5, 0.6) is 17.2 Å². The lowest BCUT2D eigenvalue weighted by atomic mass is 10.1. The Hall–Kier alpha value is -1.75. The Balaban J connectivity index is 2.83. The third-order valence-corrected chi connectivity index (χ3v) is 3.10. The van der Waals surface area contributed by atoms with Crippen LogP contribution in [0.3, 0.4) is 0 Å². The van der Waals surface area contributed by atoms with Crippen molar-refractivity contribution in [3.63, 3.8) is 0 Å². The number of ether oxygens (including phenoxy) is 4. The van der Waals surface area contributed by atoms with Crippen molar-refractivity contribution in [2.45, 2.75) is 33.3 Å². The zero-order valence-electron chi connectivity index (χ0n) is 13.4. The van der Waals surface area contributed by atoms with Gasteiger partial charge in [0.25, 0.3) is 0 Å². The van der Waals surface area contributed by atoms with Crippen molar-refractivity contribution in [3.05, 3.63) is 17.7 Å². The Bertz CT molecular complexity index is 470. The molecule has 0 amide bonds. The van der Waals surface area contributed by atoms with E-state index < -0.39 is 0 Å². The summed E-state index contributed by atoms with van der Waals surface area (Å²) in [6.45, 7) is 6.64. The van der Waals surface area contributed by atoms with Gasteiger partial charge in [-0.15, -0.1) is 0 Å². The number of hydrogen-bond acceptors (Lipinski definition) is 5. The number of benzene rings is 1. The second kappa shape index (κ2) is 8.52. The van der Waals surface area contributed by atoms with Gasteiger partial charge in [-0.1, -0.05) is 0 Å². The summed E-state index contributed by atoms with van der Waals surface area (Å²) in [7, 11) is 3.07. The normalized spacial score (nSPS) is 11.9. The third-order valence-electron chi connectivity index (χ3n) is 3.10. The maximum Gasteiger partial charge on any atom is 0.164 e. The van der Waals surface area contributed by atoms with Crippen LogP contribution in [0.15, 0.2) is 12.1 Å². The van der Waals surface area contributed by atoms with E-state index in [1.54, 1.807) is 19.2 Å². The van der Waals surface area contributed by atoms with Crippen LogP contribution >= 0.6 is 0 Å². The summed E-state index contributed by atoms with van der Waals surface area (Å²) in [5.74, 6) is 1.48. The number of ketones is 1. The van der Waals surface area contributed by atoms with E-state index in [9.17, 15) is 4.79 Å². The van der Waals surface area contributed by atoms with E-state index in [0.717, 1.165) is 6.42 Å². The molecule has 0 radical (unpaired) electrons. The summed E-state index contributed by atoms with van der Waals surface area (Å²) < 4.78 is 21.7. The first-order valence-electron chi connectivity index (χ1n) is 7.04.